The third-order valence-electron chi connectivity index (χ3n) is 2.61. The van der Waals surface area contributed by atoms with E-state index in [1.54, 1.807) is 12.1 Å². The van der Waals surface area contributed by atoms with E-state index in [1.165, 1.54) is 18.0 Å². The Morgan fingerprint density at radius 3 is 2.58 bits per heavy atom. The maximum Gasteiger partial charge on any atom is 0.390 e. The number of carboxylic acids is 1. The van der Waals surface area contributed by atoms with Crippen LogP contribution in [0, 0.1) is 0 Å². The summed E-state index contributed by atoms with van der Waals surface area (Å²) in [5.41, 5.74) is 6.01. The normalized spacial score (nSPS) is 11.8. The number of rotatable bonds is 5. The van der Waals surface area contributed by atoms with Crippen molar-refractivity contribution in [2.24, 2.45) is 0 Å². The summed E-state index contributed by atoms with van der Waals surface area (Å²) in [4.78, 5) is 12.5. The molecule has 19 heavy (non-hydrogen) atoms. The summed E-state index contributed by atoms with van der Waals surface area (Å²) in [5.74, 6) is -1.18. The Kier molecular flexibility index (Phi) is 4.77. The van der Waals surface area contributed by atoms with Crippen LogP contribution in [-0.4, -0.2) is 35.7 Å². The monoisotopic (exact) mass is 276 g/mol. The van der Waals surface area contributed by atoms with E-state index in [9.17, 15) is 18.0 Å². The SMILES string of the molecule is CN(CCC(F)(F)F)Cc1cccc(N)c1C(=O)O. The Bertz CT molecular complexity index is 461. The summed E-state index contributed by atoms with van der Waals surface area (Å²) >= 11 is 0. The summed E-state index contributed by atoms with van der Waals surface area (Å²) < 4.78 is 36.3. The number of benzene rings is 1. The van der Waals surface area contributed by atoms with E-state index >= 15 is 0 Å². The molecular formula is C12H15F3N2O2. The molecule has 0 atom stereocenters. The first-order chi connectivity index (χ1) is 8.70. The molecule has 0 saturated carbocycles. The smallest absolute Gasteiger partial charge is 0.390 e. The van der Waals surface area contributed by atoms with Gasteiger partial charge in [0, 0.05) is 18.8 Å². The lowest BCUT2D eigenvalue weighted by atomic mass is 10.1. The third kappa shape index (κ3) is 4.78. The van der Waals surface area contributed by atoms with E-state index < -0.39 is 18.6 Å². The van der Waals surface area contributed by atoms with E-state index in [0.717, 1.165) is 0 Å². The zero-order valence-corrected chi connectivity index (χ0v) is 10.4. The van der Waals surface area contributed by atoms with Crippen molar-refractivity contribution < 1.29 is 23.1 Å². The van der Waals surface area contributed by atoms with Gasteiger partial charge in [0.05, 0.1) is 12.0 Å². The largest absolute Gasteiger partial charge is 0.478 e. The van der Waals surface area contributed by atoms with Gasteiger partial charge in [-0.15, -0.1) is 0 Å². The molecule has 0 aliphatic rings. The minimum Gasteiger partial charge on any atom is -0.478 e. The zero-order valence-electron chi connectivity index (χ0n) is 10.4. The minimum absolute atomic E-state index is 0.0543. The van der Waals surface area contributed by atoms with Crippen molar-refractivity contribution in [1.82, 2.24) is 4.90 Å². The number of anilines is 1. The zero-order chi connectivity index (χ0) is 14.6. The van der Waals surface area contributed by atoms with Gasteiger partial charge in [0.25, 0.3) is 0 Å². The molecule has 4 nitrogen and oxygen atoms in total. The molecule has 1 aromatic carbocycles. The molecule has 0 saturated heterocycles. The molecule has 0 aliphatic carbocycles. The second-order valence-corrected chi connectivity index (χ2v) is 4.29. The van der Waals surface area contributed by atoms with Crippen LogP contribution in [0.25, 0.3) is 0 Å². The van der Waals surface area contributed by atoms with Gasteiger partial charge < -0.3 is 15.7 Å². The molecule has 0 radical (unpaired) electrons. The van der Waals surface area contributed by atoms with Crippen LogP contribution in [0.5, 0.6) is 0 Å². The standard InChI is InChI=1S/C12H15F3N2O2/c1-17(6-5-12(13,14)15)7-8-3-2-4-9(16)10(8)11(18)19/h2-4H,5-7,16H2,1H3,(H,18,19). The summed E-state index contributed by atoms with van der Waals surface area (Å²) in [6.07, 6.45) is -5.16. The van der Waals surface area contributed by atoms with E-state index in [-0.39, 0.29) is 24.3 Å². The predicted molar refractivity (Wildman–Crippen MR) is 64.8 cm³/mol. The molecule has 106 valence electrons. The molecule has 0 bridgehead atoms. The average Bonchev–Trinajstić information content (AvgIpc) is 2.25. The summed E-state index contributed by atoms with van der Waals surface area (Å²) in [6, 6.07) is 4.57. The Hall–Kier alpha value is -1.76. The van der Waals surface area contributed by atoms with Gasteiger partial charge in [0.2, 0.25) is 0 Å². The lowest BCUT2D eigenvalue weighted by Gasteiger charge is -2.19. The van der Waals surface area contributed by atoms with Crippen molar-refractivity contribution in [2.75, 3.05) is 19.3 Å². The van der Waals surface area contributed by atoms with Crippen LogP contribution in [0.15, 0.2) is 18.2 Å². The Balaban J connectivity index is 2.77. The fourth-order valence-corrected chi connectivity index (χ4v) is 1.70. The van der Waals surface area contributed by atoms with Gasteiger partial charge >= 0.3 is 12.1 Å². The Morgan fingerprint density at radius 2 is 2.05 bits per heavy atom. The Labute approximate surface area is 108 Å². The number of nitrogens with two attached hydrogens (primary N) is 1. The van der Waals surface area contributed by atoms with Crippen LogP contribution in [0.2, 0.25) is 0 Å². The maximum absolute atomic E-state index is 12.1. The summed E-state index contributed by atoms with van der Waals surface area (Å²) in [5, 5.41) is 9.04. The topological polar surface area (TPSA) is 66.6 Å². The molecule has 1 rings (SSSR count). The predicted octanol–water partition coefficient (Wildman–Crippen LogP) is 2.35. The number of aromatic carboxylic acids is 1. The van der Waals surface area contributed by atoms with Crippen molar-refractivity contribution in [3.63, 3.8) is 0 Å². The fourth-order valence-electron chi connectivity index (χ4n) is 1.70. The molecular weight excluding hydrogens is 261 g/mol. The van der Waals surface area contributed by atoms with Gasteiger partial charge in [-0.2, -0.15) is 13.2 Å². The van der Waals surface area contributed by atoms with Crippen molar-refractivity contribution >= 4 is 11.7 Å². The number of nitrogens with zero attached hydrogens (tertiary/aromatic N) is 1. The number of nitrogen functional groups attached to an aromatic ring is 1. The van der Waals surface area contributed by atoms with Gasteiger partial charge in [0.15, 0.2) is 0 Å². The first-order valence-corrected chi connectivity index (χ1v) is 5.56. The molecule has 0 aromatic heterocycles. The molecule has 0 fully saturated rings. The summed E-state index contributed by atoms with van der Waals surface area (Å²) in [6.45, 7) is -0.0971. The first kappa shape index (κ1) is 15.3. The van der Waals surface area contributed by atoms with Gasteiger partial charge in [-0.3, -0.25) is 0 Å². The first-order valence-electron chi connectivity index (χ1n) is 5.56. The van der Waals surface area contributed by atoms with Gasteiger partial charge in [-0.05, 0) is 18.7 Å². The van der Waals surface area contributed by atoms with Crippen LogP contribution < -0.4 is 5.73 Å². The number of carboxylic acid groups (broad SMARTS) is 1. The van der Waals surface area contributed by atoms with Crippen LogP contribution in [-0.2, 0) is 6.54 Å². The van der Waals surface area contributed by atoms with Crippen molar-refractivity contribution in [2.45, 2.75) is 19.1 Å². The fraction of sp³-hybridized carbons (Fsp3) is 0.417. The number of alkyl halides is 3. The second-order valence-electron chi connectivity index (χ2n) is 4.29. The third-order valence-corrected chi connectivity index (χ3v) is 2.61. The molecule has 7 heteroatoms. The molecule has 3 N–H and O–H groups in total. The summed E-state index contributed by atoms with van der Waals surface area (Å²) in [7, 11) is 1.50. The molecule has 0 amide bonds. The van der Waals surface area contributed by atoms with Gasteiger partial charge in [-0.25, -0.2) is 4.79 Å². The number of hydrogen-bond acceptors (Lipinski definition) is 3. The molecule has 0 spiro atoms. The van der Waals surface area contributed by atoms with Crippen molar-refractivity contribution in [3.05, 3.63) is 29.3 Å². The van der Waals surface area contributed by atoms with E-state index in [2.05, 4.69) is 0 Å². The molecule has 1 aromatic rings. The van der Waals surface area contributed by atoms with Crippen molar-refractivity contribution in [3.8, 4) is 0 Å². The lowest BCUT2D eigenvalue weighted by molar-refractivity contribution is -0.137. The van der Waals surface area contributed by atoms with Crippen LogP contribution in [0.3, 0.4) is 0 Å². The van der Waals surface area contributed by atoms with Gasteiger partial charge in [0.1, 0.15) is 0 Å². The van der Waals surface area contributed by atoms with E-state index in [4.69, 9.17) is 10.8 Å². The number of carbonyl (C=O) groups is 1. The molecule has 0 heterocycles. The highest BCUT2D eigenvalue weighted by Gasteiger charge is 2.27. The highest BCUT2D eigenvalue weighted by atomic mass is 19.4. The highest BCUT2D eigenvalue weighted by molar-refractivity contribution is 5.95. The van der Waals surface area contributed by atoms with Crippen LogP contribution in [0.1, 0.15) is 22.3 Å². The average molecular weight is 276 g/mol. The highest BCUT2D eigenvalue weighted by Crippen LogP contribution is 2.21. The second kappa shape index (κ2) is 5.92. The Morgan fingerprint density at radius 1 is 1.42 bits per heavy atom. The van der Waals surface area contributed by atoms with Crippen LogP contribution >= 0.6 is 0 Å². The quantitative estimate of drug-likeness (QED) is 0.810. The van der Waals surface area contributed by atoms with Crippen LogP contribution in [0.4, 0.5) is 18.9 Å². The maximum atomic E-state index is 12.1. The minimum atomic E-state index is -4.22. The molecule has 0 aliphatic heterocycles. The van der Waals surface area contributed by atoms with Gasteiger partial charge in [-0.1, -0.05) is 12.1 Å². The number of hydrogen-bond donors (Lipinski definition) is 2. The van der Waals surface area contributed by atoms with Crippen molar-refractivity contribution in [1.29, 1.82) is 0 Å². The number of halogens is 3. The van der Waals surface area contributed by atoms with E-state index in [0.29, 0.717) is 5.56 Å². The molecule has 0 unspecified atom stereocenters. The van der Waals surface area contributed by atoms with E-state index in [1.807, 2.05) is 0 Å². The lowest BCUT2D eigenvalue weighted by Crippen LogP contribution is -2.25.